The van der Waals surface area contributed by atoms with Crippen molar-refractivity contribution < 1.29 is 4.43 Å². The first kappa shape index (κ1) is 13.5. The third kappa shape index (κ3) is 3.46. The summed E-state index contributed by atoms with van der Waals surface area (Å²) in [6.45, 7) is 9.75. The molecule has 0 fully saturated rings. The second-order valence-corrected chi connectivity index (χ2v) is 9.30. The van der Waals surface area contributed by atoms with Crippen LogP contribution in [0, 0.1) is 6.92 Å². The van der Waals surface area contributed by atoms with Gasteiger partial charge in [0.2, 0.25) is 0 Å². The van der Waals surface area contributed by atoms with Crippen molar-refractivity contribution in [1.29, 1.82) is 0 Å². The lowest BCUT2D eigenvalue weighted by atomic mass is 10.1. The molecule has 0 spiro atoms. The summed E-state index contributed by atoms with van der Waals surface area (Å²) in [4.78, 5) is 0. The second kappa shape index (κ2) is 6.21. The first-order valence-electron chi connectivity index (χ1n) is 6.35. The molecule has 0 bridgehead atoms. The molecule has 2 heteroatoms. The molecular formula is C14H24OSi. The van der Waals surface area contributed by atoms with Gasteiger partial charge in [0.25, 0.3) is 0 Å². The third-order valence-corrected chi connectivity index (χ3v) is 8.18. The van der Waals surface area contributed by atoms with Crippen molar-refractivity contribution in [3.63, 3.8) is 0 Å². The van der Waals surface area contributed by atoms with E-state index in [-0.39, 0.29) is 0 Å². The minimum atomic E-state index is -1.42. The van der Waals surface area contributed by atoms with Gasteiger partial charge < -0.3 is 4.43 Å². The highest BCUT2D eigenvalue weighted by atomic mass is 28.4. The van der Waals surface area contributed by atoms with Gasteiger partial charge in [-0.15, -0.1) is 0 Å². The highest BCUT2D eigenvalue weighted by Gasteiger charge is 2.28. The third-order valence-electron chi connectivity index (χ3n) is 3.56. The number of hydrogen-bond donors (Lipinski definition) is 0. The average Bonchev–Trinajstić information content (AvgIpc) is 2.32. The summed E-state index contributed by atoms with van der Waals surface area (Å²) in [6, 6.07) is 12.3. The molecule has 0 atom stereocenters. The van der Waals surface area contributed by atoms with Crippen molar-refractivity contribution in [1.82, 2.24) is 0 Å². The predicted octanol–water partition coefficient (Wildman–Crippen LogP) is 4.52. The van der Waals surface area contributed by atoms with Crippen molar-refractivity contribution in [3.05, 3.63) is 35.4 Å². The van der Waals surface area contributed by atoms with Gasteiger partial charge in [0.05, 0.1) is 6.61 Å². The molecule has 0 aliphatic rings. The van der Waals surface area contributed by atoms with Gasteiger partial charge >= 0.3 is 0 Å². The molecule has 0 aliphatic heterocycles. The molecule has 0 aromatic heterocycles. The molecule has 90 valence electrons. The van der Waals surface area contributed by atoms with E-state index in [1.54, 1.807) is 0 Å². The number of aryl methyl sites for hydroxylation is 1. The van der Waals surface area contributed by atoms with Crippen LogP contribution in [-0.2, 0) is 11.0 Å². The maximum absolute atomic E-state index is 6.26. The van der Waals surface area contributed by atoms with Gasteiger partial charge in [0.15, 0.2) is 8.32 Å². The molecule has 1 rings (SSSR count). The monoisotopic (exact) mass is 236 g/mol. The predicted molar refractivity (Wildman–Crippen MR) is 73.2 cm³/mol. The highest BCUT2D eigenvalue weighted by Crippen LogP contribution is 2.23. The van der Waals surface area contributed by atoms with E-state index in [4.69, 9.17) is 4.43 Å². The van der Waals surface area contributed by atoms with E-state index in [2.05, 4.69) is 52.0 Å². The quantitative estimate of drug-likeness (QED) is 0.660. The van der Waals surface area contributed by atoms with E-state index in [1.165, 1.54) is 29.3 Å². The number of benzene rings is 1. The summed E-state index contributed by atoms with van der Waals surface area (Å²) >= 11 is 0. The van der Waals surface area contributed by atoms with Crippen molar-refractivity contribution in [2.75, 3.05) is 0 Å². The van der Waals surface area contributed by atoms with Crippen molar-refractivity contribution in [3.8, 4) is 0 Å². The van der Waals surface area contributed by atoms with Crippen LogP contribution in [0.25, 0.3) is 0 Å². The zero-order valence-corrected chi connectivity index (χ0v) is 12.0. The maximum atomic E-state index is 6.26. The largest absolute Gasteiger partial charge is 0.413 e. The van der Waals surface area contributed by atoms with Gasteiger partial charge in [-0.3, -0.25) is 0 Å². The summed E-state index contributed by atoms with van der Waals surface area (Å²) in [5, 5.41) is 0. The Hall–Kier alpha value is -0.603. The van der Waals surface area contributed by atoms with E-state index in [0.717, 1.165) is 6.61 Å². The fourth-order valence-corrected chi connectivity index (χ4v) is 4.68. The van der Waals surface area contributed by atoms with Crippen LogP contribution in [0.5, 0.6) is 0 Å². The van der Waals surface area contributed by atoms with Crippen LogP contribution in [0.4, 0.5) is 0 Å². The molecule has 0 unspecified atom stereocenters. The minimum Gasteiger partial charge on any atom is -0.413 e. The molecule has 0 radical (unpaired) electrons. The molecule has 0 heterocycles. The molecule has 1 nitrogen and oxygen atoms in total. The molecule has 16 heavy (non-hydrogen) atoms. The van der Waals surface area contributed by atoms with Crippen LogP contribution < -0.4 is 0 Å². The van der Waals surface area contributed by atoms with Gasteiger partial charge in [-0.1, -0.05) is 50.6 Å². The molecule has 0 saturated carbocycles. The van der Waals surface area contributed by atoms with E-state index in [1.807, 2.05) is 0 Å². The van der Waals surface area contributed by atoms with Gasteiger partial charge in [-0.2, -0.15) is 0 Å². The Morgan fingerprint density at radius 3 is 2.19 bits per heavy atom. The minimum absolute atomic E-state index is 0.795. The maximum Gasteiger partial charge on any atom is 0.192 e. The van der Waals surface area contributed by atoms with Gasteiger partial charge in [-0.05, 0) is 30.6 Å². The summed E-state index contributed by atoms with van der Waals surface area (Å²) < 4.78 is 6.26. The molecule has 0 N–H and O–H groups in total. The molecule has 0 aliphatic carbocycles. The smallest absolute Gasteiger partial charge is 0.192 e. The van der Waals surface area contributed by atoms with Gasteiger partial charge in [0, 0.05) is 0 Å². The Kier molecular flexibility index (Phi) is 5.23. The Morgan fingerprint density at radius 1 is 1.06 bits per heavy atom. The average molecular weight is 236 g/mol. The first-order valence-corrected chi connectivity index (χ1v) is 8.88. The first-order chi connectivity index (χ1) is 7.65. The lowest BCUT2D eigenvalue weighted by Gasteiger charge is -2.28. The standard InChI is InChI=1S/C14H24OSi/c1-5-16(6-2,7-3)15-12-14-10-8-9-13(4)11-14/h8-11H,5-7,12H2,1-4H3. The Balaban J connectivity index is 2.62. The molecule has 0 saturated heterocycles. The Bertz CT molecular complexity index is 310. The van der Waals surface area contributed by atoms with Crippen molar-refractivity contribution >= 4 is 8.32 Å². The second-order valence-electron chi connectivity index (χ2n) is 4.52. The van der Waals surface area contributed by atoms with Crippen LogP contribution >= 0.6 is 0 Å². The Morgan fingerprint density at radius 2 is 1.69 bits per heavy atom. The van der Waals surface area contributed by atoms with Gasteiger partial charge in [-0.25, -0.2) is 0 Å². The van der Waals surface area contributed by atoms with Crippen LogP contribution in [0.15, 0.2) is 24.3 Å². The van der Waals surface area contributed by atoms with Crippen LogP contribution in [-0.4, -0.2) is 8.32 Å². The summed E-state index contributed by atoms with van der Waals surface area (Å²) in [7, 11) is -1.42. The fraction of sp³-hybridized carbons (Fsp3) is 0.571. The van der Waals surface area contributed by atoms with E-state index in [0.29, 0.717) is 0 Å². The molecule has 1 aromatic rings. The highest BCUT2D eigenvalue weighted by molar-refractivity contribution is 6.73. The molecular weight excluding hydrogens is 212 g/mol. The number of rotatable bonds is 6. The van der Waals surface area contributed by atoms with Crippen molar-refractivity contribution in [2.24, 2.45) is 0 Å². The zero-order chi connectivity index (χ0) is 12.0. The lowest BCUT2D eigenvalue weighted by molar-refractivity contribution is 0.287. The SMILES string of the molecule is CC[Si](CC)(CC)OCc1cccc(C)c1. The van der Waals surface area contributed by atoms with Crippen LogP contribution in [0.2, 0.25) is 18.1 Å². The van der Waals surface area contributed by atoms with Crippen molar-refractivity contribution in [2.45, 2.75) is 52.4 Å². The topological polar surface area (TPSA) is 9.23 Å². The zero-order valence-electron chi connectivity index (χ0n) is 11.0. The fourth-order valence-electron chi connectivity index (χ4n) is 2.09. The summed E-state index contributed by atoms with van der Waals surface area (Å²) in [6.07, 6.45) is 0. The van der Waals surface area contributed by atoms with E-state index < -0.39 is 8.32 Å². The summed E-state index contributed by atoms with van der Waals surface area (Å²) in [5.41, 5.74) is 2.63. The van der Waals surface area contributed by atoms with E-state index >= 15 is 0 Å². The Labute approximate surface area is 101 Å². The number of hydrogen-bond acceptors (Lipinski definition) is 1. The lowest BCUT2D eigenvalue weighted by Crippen LogP contribution is -2.35. The van der Waals surface area contributed by atoms with E-state index in [9.17, 15) is 0 Å². The van der Waals surface area contributed by atoms with Crippen LogP contribution in [0.1, 0.15) is 31.9 Å². The molecule has 0 amide bonds. The van der Waals surface area contributed by atoms with Crippen LogP contribution in [0.3, 0.4) is 0 Å². The molecule has 1 aromatic carbocycles. The normalized spacial score (nSPS) is 11.8. The summed E-state index contributed by atoms with van der Waals surface area (Å²) in [5.74, 6) is 0. The van der Waals surface area contributed by atoms with Gasteiger partial charge in [0.1, 0.15) is 0 Å².